The van der Waals surface area contributed by atoms with E-state index in [1.165, 1.54) is 44.4 Å². The van der Waals surface area contributed by atoms with Crippen molar-refractivity contribution in [3.8, 4) is 11.3 Å². The van der Waals surface area contributed by atoms with E-state index in [1.807, 2.05) is 0 Å². The van der Waals surface area contributed by atoms with Crippen LogP contribution < -0.4 is 5.11 Å². The standard InChI is InChI=1S/C19H14ClNO7S/c1-9(18(25)27-2)21-16(22)15(29-19(21)26)8-11-4-6-14(28-11)12-7-10(17(23)24)3-5-13(12)20/h3-9H,1-2H3,(H,23,24)/p-1/b15-8+/t9-/m1/s1. The molecule has 8 nitrogen and oxygen atoms in total. The number of carbonyl (C=O) groups excluding carboxylic acids is 4. The van der Waals surface area contributed by atoms with Crippen molar-refractivity contribution in [3.05, 3.63) is 51.6 Å². The lowest BCUT2D eigenvalue weighted by molar-refractivity contribution is -0.255. The molecule has 1 aliphatic rings. The molecule has 0 unspecified atom stereocenters. The van der Waals surface area contributed by atoms with E-state index in [9.17, 15) is 24.3 Å². The molecule has 1 aromatic carbocycles. The maximum Gasteiger partial charge on any atom is 0.328 e. The molecule has 150 valence electrons. The molecule has 2 heterocycles. The zero-order chi connectivity index (χ0) is 21.3. The van der Waals surface area contributed by atoms with Crippen molar-refractivity contribution in [3.63, 3.8) is 0 Å². The number of esters is 1. The van der Waals surface area contributed by atoms with Gasteiger partial charge in [-0.2, -0.15) is 0 Å². The minimum absolute atomic E-state index is 0.0692. The summed E-state index contributed by atoms with van der Waals surface area (Å²) < 4.78 is 10.2. The zero-order valence-electron chi connectivity index (χ0n) is 15.1. The Morgan fingerprint density at radius 1 is 1.28 bits per heavy atom. The Bertz CT molecular complexity index is 1060. The normalized spacial score (nSPS) is 16.4. The summed E-state index contributed by atoms with van der Waals surface area (Å²) in [5, 5.41) is 10.7. The second-order valence-corrected chi connectivity index (χ2v) is 7.34. The summed E-state index contributed by atoms with van der Waals surface area (Å²) in [6.45, 7) is 1.39. The minimum atomic E-state index is -1.36. The van der Waals surface area contributed by atoms with Crippen LogP contribution in [0.1, 0.15) is 23.0 Å². The molecule has 1 aromatic heterocycles. The summed E-state index contributed by atoms with van der Waals surface area (Å²) >= 11 is 6.78. The van der Waals surface area contributed by atoms with E-state index in [2.05, 4.69) is 4.74 Å². The van der Waals surface area contributed by atoms with Crippen LogP contribution >= 0.6 is 23.4 Å². The van der Waals surface area contributed by atoms with Crippen LogP contribution in [0, 0.1) is 0 Å². The number of ether oxygens (including phenoxy) is 1. The summed E-state index contributed by atoms with van der Waals surface area (Å²) in [7, 11) is 1.17. The molecule has 0 bridgehead atoms. The van der Waals surface area contributed by atoms with Gasteiger partial charge in [-0.25, -0.2) is 4.79 Å². The van der Waals surface area contributed by atoms with Gasteiger partial charge in [0.25, 0.3) is 11.1 Å². The third kappa shape index (κ3) is 4.06. The molecule has 2 aromatic rings. The largest absolute Gasteiger partial charge is 0.545 e. The van der Waals surface area contributed by atoms with E-state index in [0.717, 1.165) is 4.90 Å². The van der Waals surface area contributed by atoms with Crippen LogP contribution in [0.2, 0.25) is 5.02 Å². The summed E-state index contributed by atoms with van der Waals surface area (Å²) in [5.41, 5.74) is 0.265. The van der Waals surface area contributed by atoms with Crippen LogP contribution in [-0.2, 0) is 14.3 Å². The molecule has 3 rings (SSSR count). The predicted octanol–water partition coefficient (Wildman–Crippen LogP) is 2.56. The molecule has 1 saturated heterocycles. The molecule has 0 aliphatic carbocycles. The summed E-state index contributed by atoms with van der Waals surface area (Å²) in [6, 6.07) is 6.05. The van der Waals surface area contributed by atoms with Crippen LogP contribution in [0.5, 0.6) is 0 Å². The molecule has 0 spiro atoms. The summed E-state index contributed by atoms with van der Waals surface area (Å²) in [6.07, 6.45) is 1.36. The lowest BCUT2D eigenvalue weighted by Crippen LogP contribution is -2.42. The number of aromatic carboxylic acids is 1. The second kappa shape index (κ2) is 8.14. The number of carboxylic acid groups (broad SMARTS) is 1. The van der Waals surface area contributed by atoms with Gasteiger partial charge in [0.05, 0.1) is 23.0 Å². The quantitative estimate of drug-likeness (QED) is 0.520. The number of methoxy groups -OCH3 is 1. The molecule has 0 saturated carbocycles. The monoisotopic (exact) mass is 434 g/mol. The molecular weight excluding hydrogens is 422 g/mol. The van der Waals surface area contributed by atoms with Crippen LogP contribution in [0.4, 0.5) is 4.79 Å². The highest BCUT2D eigenvalue weighted by atomic mass is 35.5. The Kier molecular flexibility index (Phi) is 5.81. The Labute approximate surface area is 174 Å². The fraction of sp³-hybridized carbons (Fsp3) is 0.158. The number of amides is 2. The van der Waals surface area contributed by atoms with Crippen molar-refractivity contribution in [2.75, 3.05) is 7.11 Å². The molecule has 1 atom stereocenters. The lowest BCUT2D eigenvalue weighted by Gasteiger charge is -2.18. The van der Waals surface area contributed by atoms with E-state index < -0.39 is 29.1 Å². The first-order valence-corrected chi connectivity index (χ1v) is 9.38. The number of hydrogen-bond donors (Lipinski definition) is 0. The van der Waals surface area contributed by atoms with Gasteiger partial charge >= 0.3 is 5.97 Å². The number of nitrogens with zero attached hydrogens (tertiary/aromatic N) is 1. The molecule has 2 amide bonds. The molecule has 0 radical (unpaired) electrons. The summed E-state index contributed by atoms with van der Waals surface area (Å²) in [5.74, 6) is -2.20. The minimum Gasteiger partial charge on any atom is -0.545 e. The third-order valence-corrected chi connectivity index (χ3v) is 5.33. The van der Waals surface area contributed by atoms with Gasteiger partial charge in [0.2, 0.25) is 0 Å². The number of thioether (sulfide) groups is 1. The fourth-order valence-corrected chi connectivity index (χ4v) is 3.73. The topological polar surface area (TPSA) is 117 Å². The van der Waals surface area contributed by atoms with Crippen LogP contribution in [0.15, 0.2) is 39.7 Å². The first kappa shape index (κ1) is 20.7. The van der Waals surface area contributed by atoms with Gasteiger partial charge in [-0.15, -0.1) is 0 Å². The number of benzene rings is 1. The number of imide groups is 1. The molecule has 10 heteroatoms. The third-order valence-electron chi connectivity index (χ3n) is 4.12. The molecular formula is C19H13ClNO7S-. The van der Waals surface area contributed by atoms with Crippen molar-refractivity contribution in [2.45, 2.75) is 13.0 Å². The Morgan fingerprint density at radius 2 is 2.00 bits per heavy atom. The van der Waals surface area contributed by atoms with E-state index in [4.69, 9.17) is 16.0 Å². The van der Waals surface area contributed by atoms with Gasteiger partial charge in [0.1, 0.15) is 17.6 Å². The first-order chi connectivity index (χ1) is 13.7. The number of carbonyl (C=O) groups is 4. The fourth-order valence-electron chi connectivity index (χ4n) is 2.64. The van der Waals surface area contributed by atoms with Gasteiger partial charge in [-0.1, -0.05) is 17.7 Å². The number of hydrogen-bond acceptors (Lipinski definition) is 8. The highest BCUT2D eigenvalue weighted by molar-refractivity contribution is 8.18. The highest BCUT2D eigenvalue weighted by Crippen LogP contribution is 2.35. The highest BCUT2D eigenvalue weighted by Gasteiger charge is 2.41. The van der Waals surface area contributed by atoms with Gasteiger partial charge in [0.15, 0.2) is 0 Å². The van der Waals surface area contributed by atoms with Crippen molar-refractivity contribution in [1.29, 1.82) is 0 Å². The van der Waals surface area contributed by atoms with Crippen molar-refractivity contribution < 1.29 is 33.4 Å². The van der Waals surface area contributed by atoms with E-state index in [1.54, 1.807) is 6.07 Å². The Hall–Kier alpha value is -3.04. The predicted molar refractivity (Wildman–Crippen MR) is 103 cm³/mol. The van der Waals surface area contributed by atoms with Crippen LogP contribution in [0.25, 0.3) is 17.4 Å². The first-order valence-electron chi connectivity index (χ1n) is 8.19. The number of furan rings is 1. The Balaban J connectivity index is 1.89. The van der Waals surface area contributed by atoms with Gasteiger partial charge < -0.3 is 19.1 Å². The van der Waals surface area contributed by atoms with Gasteiger partial charge in [-0.05, 0) is 48.5 Å². The molecule has 0 N–H and O–H groups in total. The maximum absolute atomic E-state index is 12.5. The van der Waals surface area contributed by atoms with Crippen LogP contribution in [0.3, 0.4) is 0 Å². The lowest BCUT2D eigenvalue weighted by atomic mass is 10.1. The van der Waals surface area contributed by atoms with E-state index >= 15 is 0 Å². The van der Waals surface area contributed by atoms with Crippen molar-refractivity contribution in [2.24, 2.45) is 0 Å². The number of carboxylic acids is 1. The second-order valence-electron chi connectivity index (χ2n) is 5.93. The molecule has 29 heavy (non-hydrogen) atoms. The van der Waals surface area contributed by atoms with E-state index in [0.29, 0.717) is 17.3 Å². The summed E-state index contributed by atoms with van der Waals surface area (Å²) in [4.78, 5) is 48.2. The van der Waals surface area contributed by atoms with Gasteiger partial charge in [0, 0.05) is 11.6 Å². The van der Waals surface area contributed by atoms with Crippen LogP contribution in [-0.4, -0.2) is 41.1 Å². The Morgan fingerprint density at radius 3 is 2.66 bits per heavy atom. The average molecular weight is 435 g/mol. The number of rotatable bonds is 5. The zero-order valence-corrected chi connectivity index (χ0v) is 16.7. The van der Waals surface area contributed by atoms with Crippen molar-refractivity contribution >= 4 is 52.5 Å². The smallest absolute Gasteiger partial charge is 0.328 e. The average Bonchev–Trinajstić information content (AvgIpc) is 3.25. The maximum atomic E-state index is 12.5. The van der Waals surface area contributed by atoms with Gasteiger partial charge in [-0.3, -0.25) is 14.5 Å². The SMILES string of the molecule is COC(=O)[C@@H](C)N1C(=O)S/C(=C/c2ccc(-c3cc(C(=O)[O-])ccc3Cl)o2)C1=O. The molecule has 1 aliphatic heterocycles. The van der Waals surface area contributed by atoms with Crippen molar-refractivity contribution in [1.82, 2.24) is 4.90 Å². The molecule has 1 fully saturated rings. The van der Waals surface area contributed by atoms with E-state index in [-0.39, 0.29) is 27.0 Å². The number of halogens is 1.